The van der Waals surface area contributed by atoms with Gasteiger partial charge in [0.15, 0.2) is 0 Å². The normalized spacial score (nSPS) is 15.9. The van der Waals surface area contributed by atoms with Gasteiger partial charge in [-0.05, 0) is 35.1 Å². The summed E-state index contributed by atoms with van der Waals surface area (Å²) in [6.07, 6.45) is 1.02. The van der Waals surface area contributed by atoms with Gasteiger partial charge in [-0.2, -0.15) is 0 Å². The number of amides is 1. The van der Waals surface area contributed by atoms with Crippen LogP contribution in [0.3, 0.4) is 0 Å². The van der Waals surface area contributed by atoms with Gasteiger partial charge in [-0.15, -0.1) is 11.3 Å². The van der Waals surface area contributed by atoms with Crippen LogP contribution in [0, 0.1) is 2.88 Å². The molecule has 0 atom stereocenters. The van der Waals surface area contributed by atoms with Gasteiger partial charge < -0.3 is 10.2 Å². The smallest absolute Gasteiger partial charge is 0.255 e. The summed E-state index contributed by atoms with van der Waals surface area (Å²) in [6, 6.07) is 2.37. The van der Waals surface area contributed by atoms with Crippen LogP contribution in [0.5, 0.6) is 0 Å². The first kappa shape index (κ1) is 12.3. The fourth-order valence-electron chi connectivity index (χ4n) is 1.77. The fourth-order valence-corrected chi connectivity index (χ4v) is 3.09. The third-order valence-corrected chi connectivity index (χ3v) is 4.53. The van der Waals surface area contributed by atoms with Crippen LogP contribution in [0.4, 0.5) is 0 Å². The van der Waals surface area contributed by atoms with Crippen molar-refractivity contribution >= 4 is 39.8 Å². The zero-order chi connectivity index (χ0) is 11.5. The van der Waals surface area contributed by atoms with Crippen LogP contribution in [-0.4, -0.2) is 36.5 Å². The van der Waals surface area contributed by atoms with E-state index >= 15 is 0 Å². The highest BCUT2D eigenvalue weighted by molar-refractivity contribution is 14.1. The third kappa shape index (κ3) is 2.57. The number of halogens is 1. The molecule has 2 rings (SSSR count). The second-order valence-corrected chi connectivity index (χ2v) is 6.76. The van der Waals surface area contributed by atoms with Crippen molar-refractivity contribution in [3.63, 3.8) is 0 Å². The Labute approximate surface area is 113 Å². The van der Waals surface area contributed by atoms with Gasteiger partial charge in [0.25, 0.3) is 5.91 Å². The number of carbonyl (C=O) groups excluding carboxylic acids is 1. The maximum Gasteiger partial charge on any atom is 0.255 e. The molecule has 1 fully saturated rings. The molecule has 0 aromatic carbocycles. The van der Waals surface area contributed by atoms with Gasteiger partial charge in [-0.25, -0.2) is 0 Å². The molecule has 0 unspecified atom stereocenters. The Morgan fingerprint density at radius 3 is 2.88 bits per heavy atom. The SMILES string of the molecule is CCCN(C(=O)c1csc(I)c1)C1CNC1. The van der Waals surface area contributed by atoms with Crippen LogP contribution in [0.15, 0.2) is 11.4 Å². The summed E-state index contributed by atoms with van der Waals surface area (Å²) in [4.78, 5) is 14.3. The van der Waals surface area contributed by atoms with Crippen molar-refractivity contribution in [1.82, 2.24) is 10.2 Å². The molecule has 1 aromatic rings. The molecule has 0 spiro atoms. The van der Waals surface area contributed by atoms with Crippen molar-refractivity contribution in [2.75, 3.05) is 19.6 Å². The van der Waals surface area contributed by atoms with Crippen LogP contribution in [0.25, 0.3) is 0 Å². The highest BCUT2D eigenvalue weighted by Gasteiger charge is 2.28. The zero-order valence-electron chi connectivity index (χ0n) is 9.20. The summed E-state index contributed by atoms with van der Waals surface area (Å²) in [7, 11) is 0. The standard InChI is InChI=1S/C11H15IN2OS/c1-2-3-14(9-5-13-6-9)11(15)8-4-10(12)16-7-8/h4,7,9,13H,2-3,5-6H2,1H3. The van der Waals surface area contributed by atoms with Crippen LogP contribution in [0.1, 0.15) is 23.7 Å². The molecule has 1 aliphatic heterocycles. The van der Waals surface area contributed by atoms with Crippen LogP contribution >= 0.6 is 33.9 Å². The van der Waals surface area contributed by atoms with E-state index in [1.807, 2.05) is 16.3 Å². The van der Waals surface area contributed by atoms with Gasteiger partial charge >= 0.3 is 0 Å². The van der Waals surface area contributed by atoms with Crippen molar-refractivity contribution in [2.24, 2.45) is 0 Å². The minimum atomic E-state index is 0.188. The van der Waals surface area contributed by atoms with E-state index in [2.05, 4.69) is 34.8 Å². The Hall–Kier alpha value is -0.140. The molecule has 1 aliphatic rings. The summed E-state index contributed by atoms with van der Waals surface area (Å²) in [5.41, 5.74) is 0.842. The number of thiophene rings is 1. The summed E-state index contributed by atoms with van der Waals surface area (Å²) in [5, 5.41) is 5.18. The Kier molecular flexibility index (Phi) is 4.21. The van der Waals surface area contributed by atoms with E-state index in [1.54, 1.807) is 11.3 Å². The molecule has 16 heavy (non-hydrogen) atoms. The summed E-state index contributed by atoms with van der Waals surface area (Å²) in [6.45, 7) is 4.85. The molecule has 0 aliphatic carbocycles. The molecule has 5 heteroatoms. The van der Waals surface area contributed by atoms with E-state index in [9.17, 15) is 4.79 Å². The number of hydrogen-bond acceptors (Lipinski definition) is 3. The number of nitrogens with one attached hydrogen (secondary N) is 1. The van der Waals surface area contributed by atoms with E-state index in [4.69, 9.17) is 0 Å². The minimum Gasteiger partial charge on any atom is -0.333 e. The van der Waals surface area contributed by atoms with Crippen molar-refractivity contribution in [1.29, 1.82) is 0 Å². The largest absolute Gasteiger partial charge is 0.333 e. The number of nitrogens with zero attached hydrogens (tertiary/aromatic N) is 1. The maximum atomic E-state index is 12.3. The minimum absolute atomic E-state index is 0.188. The quantitative estimate of drug-likeness (QED) is 0.845. The monoisotopic (exact) mass is 350 g/mol. The van der Waals surface area contributed by atoms with Gasteiger partial charge in [0.05, 0.1) is 14.5 Å². The first-order chi connectivity index (χ1) is 7.72. The highest BCUT2D eigenvalue weighted by Crippen LogP contribution is 2.20. The van der Waals surface area contributed by atoms with Crippen LogP contribution in [-0.2, 0) is 0 Å². The Morgan fingerprint density at radius 2 is 2.44 bits per heavy atom. The van der Waals surface area contributed by atoms with Crippen molar-refractivity contribution in [3.8, 4) is 0 Å². The lowest BCUT2D eigenvalue weighted by molar-refractivity contribution is 0.0616. The van der Waals surface area contributed by atoms with Gasteiger partial charge in [0, 0.05) is 25.0 Å². The van der Waals surface area contributed by atoms with E-state index in [1.165, 1.54) is 2.88 Å². The van der Waals surface area contributed by atoms with Crippen molar-refractivity contribution in [3.05, 3.63) is 19.9 Å². The fraction of sp³-hybridized carbons (Fsp3) is 0.545. The zero-order valence-corrected chi connectivity index (χ0v) is 12.2. The molecular weight excluding hydrogens is 335 g/mol. The average Bonchev–Trinajstić information content (AvgIpc) is 2.60. The molecule has 0 radical (unpaired) electrons. The summed E-state index contributed by atoms with van der Waals surface area (Å²) in [5.74, 6) is 0.188. The van der Waals surface area contributed by atoms with Crippen LogP contribution in [0.2, 0.25) is 0 Å². The van der Waals surface area contributed by atoms with E-state index in [-0.39, 0.29) is 5.91 Å². The number of carbonyl (C=O) groups is 1. The predicted octanol–water partition coefficient (Wildman–Crippen LogP) is 2.18. The molecule has 0 saturated carbocycles. The van der Waals surface area contributed by atoms with E-state index < -0.39 is 0 Å². The lowest BCUT2D eigenvalue weighted by atomic mass is 10.1. The molecule has 3 nitrogen and oxygen atoms in total. The number of hydrogen-bond donors (Lipinski definition) is 1. The highest BCUT2D eigenvalue weighted by atomic mass is 127. The van der Waals surface area contributed by atoms with Crippen LogP contribution < -0.4 is 5.32 Å². The first-order valence-corrected chi connectivity index (χ1v) is 7.44. The average molecular weight is 350 g/mol. The predicted molar refractivity (Wildman–Crippen MR) is 75.0 cm³/mol. The van der Waals surface area contributed by atoms with Crippen molar-refractivity contribution < 1.29 is 4.79 Å². The second-order valence-electron chi connectivity index (χ2n) is 3.95. The molecule has 1 saturated heterocycles. The lowest BCUT2D eigenvalue weighted by Gasteiger charge is -2.38. The third-order valence-electron chi connectivity index (χ3n) is 2.74. The molecule has 1 amide bonds. The molecule has 0 bridgehead atoms. The summed E-state index contributed by atoms with van der Waals surface area (Å²) < 4.78 is 1.17. The van der Waals surface area contributed by atoms with Gasteiger partial charge in [0.1, 0.15) is 0 Å². The van der Waals surface area contributed by atoms with Crippen molar-refractivity contribution in [2.45, 2.75) is 19.4 Å². The second kappa shape index (κ2) is 5.46. The van der Waals surface area contributed by atoms with Gasteiger partial charge in [0.2, 0.25) is 0 Å². The summed E-state index contributed by atoms with van der Waals surface area (Å²) >= 11 is 3.88. The Bertz CT molecular complexity index is 376. The lowest BCUT2D eigenvalue weighted by Crippen LogP contribution is -2.59. The molecule has 1 aromatic heterocycles. The molecule has 2 heterocycles. The van der Waals surface area contributed by atoms with E-state index in [0.29, 0.717) is 6.04 Å². The Morgan fingerprint density at radius 1 is 1.69 bits per heavy atom. The topological polar surface area (TPSA) is 32.3 Å². The molecule has 1 N–H and O–H groups in total. The van der Waals surface area contributed by atoms with E-state index in [0.717, 1.165) is 31.6 Å². The first-order valence-electron chi connectivity index (χ1n) is 5.48. The van der Waals surface area contributed by atoms with Gasteiger partial charge in [-0.1, -0.05) is 6.92 Å². The van der Waals surface area contributed by atoms with Gasteiger partial charge in [-0.3, -0.25) is 4.79 Å². The maximum absolute atomic E-state index is 12.3. The Balaban J connectivity index is 2.09. The molecule has 88 valence electrons. The number of rotatable bonds is 4. The molecular formula is C11H15IN2OS.